The highest BCUT2D eigenvalue weighted by molar-refractivity contribution is 6.30. The van der Waals surface area contributed by atoms with Crippen LogP contribution >= 0.6 is 11.6 Å². The number of carbonyl (C=O) groups is 1. The molecule has 0 unspecified atom stereocenters. The number of pyridine rings is 1. The first-order valence-corrected chi connectivity index (χ1v) is 10.5. The predicted molar refractivity (Wildman–Crippen MR) is 111 cm³/mol. The Morgan fingerprint density at radius 3 is 2.82 bits per heavy atom. The van der Waals surface area contributed by atoms with Gasteiger partial charge in [-0.05, 0) is 62.4 Å². The van der Waals surface area contributed by atoms with Crippen molar-refractivity contribution in [1.82, 2.24) is 14.5 Å². The van der Waals surface area contributed by atoms with E-state index in [-0.39, 0.29) is 5.91 Å². The molecule has 5 rings (SSSR count). The molecule has 28 heavy (non-hydrogen) atoms. The molecule has 1 amide bonds. The van der Waals surface area contributed by atoms with Gasteiger partial charge in [-0.25, -0.2) is 9.97 Å². The molecule has 2 aromatic heterocycles. The number of halogens is 1. The highest BCUT2D eigenvalue weighted by Crippen LogP contribution is 2.32. The average Bonchev–Trinajstić information content (AvgIpc) is 2.87. The van der Waals surface area contributed by atoms with E-state index in [9.17, 15) is 4.79 Å². The molecule has 5 nitrogen and oxygen atoms in total. The molecule has 0 saturated heterocycles. The van der Waals surface area contributed by atoms with Crippen LogP contribution in [0.1, 0.15) is 53.1 Å². The number of hydrogen-bond acceptors (Lipinski definition) is 3. The summed E-state index contributed by atoms with van der Waals surface area (Å²) in [5.74, 6) is 1.07. The molecule has 0 atom stereocenters. The molecule has 0 fully saturated rings. The van der Waals surface area contributed by atoms with Crippen LogP contribution in [-0.4, -0.2) is 27.0 Å². The van der Waals surface area contributed by atoms with Crippen molar-refractivity contribution in [2.24, 2.45) is 0 Å². The molecular formula is C22H23ClN4O. The molecule has 0 saturated carbocycles. The van der Waals surface area contributed by atoms with E-state index in [4.69, 9.17) is 21.6 Å². The second-order valence-corrected chi connectivity index (χ2v) is 8.24. The molecule has 0 aliphatic carbocycles. The van der Waals surface area contributed by atoms with Gasteiger partial charge in [0.15, 0.2) is 5.65 Å². The minimum atomic E-state index is 0.00651. The summed E-state index contributed by atoms with van der Waals surface area (Å²) < 4.78 is 2.22. The predicted octanol–water partition coefficient (Wildman–Crippen LogP) is 4.71. The van der Waals surface area contributed by atoms with Gasteiger partial charge in [0.25, 0.3) is 5.91 Å². The highest BCUT2D eigenvalue weighted by atomic mass is 35.5. The summed E-state index contributed by atoms with van der Waals surface area (Å²) in [6, 6.07) is 7.69. The van der Waals surface area contributed by atoms with Crippen LogP contribution in [0.15, 0.2) is 24.3 Å². The standard InChI is InChI=1S/C22H23ClN4O/c1-14-12-17(20-21(24-14)27-10-4-2-3-7-19(27)25-20)22(28)26-11-5-6-15-13-16(23)8-9-18(15)26/h8-9,12-13H,2-7,10-11H2,1H3. The second-order valence-electron chi connectivity index (χ2n) is 7.81. The third-order valence-electron chi connectivity index (χ3n) is 5.83. The Balaban J connectivity index is 1.63. The van der Waals surface area contributed by atoms with E-state index < -0.39 is 0 Å². The summed E-state index contributed by atoms with van der Waals surface area (Å²) in [5.41, 5.74) is 5.21. The molecular weight excluding hydrogens is 372 g/mol. The smallest absolute Gasteiger partial charge is 0.260 e. The number of rotatable bonds is 1. The summed E-state index contributed by atoms with van der Waals surface area (Å²) >= 11 is 6.17. The fourth-order valence-corrected chi connectivity index (χ4v) is 4.70. The second kappa shape index (κ2) is 6.89. The van der Waals surface area contributed by atoms with Crippen molar-refractivity contribution in [2.75, 3.05) is 11.4 Å². The van der Waals surface area contributed by atoms with E-state index in [0.717, 1.165) is 72.6 Å². The maximum atomic E-state index is 13.6. The quantitative estimate of drug-likeness (QED) is 0.600. The van der Waals surface area contributed by atoms with E-state index in [1.54, 1.807) is 0 Å². The lowest BCUT2D eigenvalue weighted by atomic mass is 10.0. The van der Waals surface area contributed by atoms with Gasteiger partial charge in [-0.15, -0.1) is 0 Å². The first-order chi connectivity index (χ1) is 13.6. The van der Waals surface area contributed by atoms with Gasteiger partial charge in [-0.2, -0.15) is 0 Å². The molecule has 4 heterocycles. The van der Waals surface area contributed by atoms with Crippen molar-refractivity contribution in [2.45, 2.75) is 52.0 Å². The number of aromatic nitrogens is 3. The molecule has 0 N–H and O–H groups in total. The number of anilines is 1. The van der Waals surface area contributed by atoms with Crippen molar-refractivity contribution in [3.63, 3.8) is 0 Å². The van der Waals surface area contributed by atoms with Crippen LogP contribution in [-0.2, 0) is 19.4 Å². The molecule has 0 spiro atoms. The Bertz CT molecular complexity index is 1090. The minimum absolute atomic E-state index is 0.00651. The Morgan fingerprint density at radius 2 is 1.93 bits per heavy atom. The molecule has 144 valence electrons. The molecule has 2 aliphatic heterocycles. The van der Waals surface area contributed by atoms with Crippen molar-refractivity contribution in [3.05, 3.63) is 51.9 Å². The number of fused-ring (bicyclic) bond motifs is 4. The molecule has 1 aromatic carbocycles. The van der Waals surface area contributed by atoms with Gasteiger partial charge in [0.05, 0.1) is 5.56 Å². The number of benzene rings is 1. The van der Waals surface area contributed by atoms with Gasteiger partial charge < -0.3 is 9.47 Å². The first-order valence-electron chi connectivity index (χ1n) is 10.1. The van der Waals surface area contributed by atoms with Crippen LogP contribution in [0, 0.1) is 6.92 Å². The lowest BCUT2D eigenvalue weighted by Gasteiger charge is -2.29. The van der Waals surface area contributed by atoms with Crippen LogP contribution in [0.4, 0.5) is 5.69 Å². The number of hydrogen-bond donors (Lipinski definition) is 0. The molecule has 3 aromatic rings. The van der Waals surface area contributed by atoms with Gasteiger partial charge in [0, 0.05) is 35.9 Å². The maximum Gasteiger partial charge on any atom is 0.260 e. The lowest BCUT2D eigenvalue weighted by Crippen LogP contribution is -2.35. The van der Waals surface area contributed by atoms with Crippen molar-refractivity contribution < 1.29 is 4.79 Å². The normalized spacial score (nSPS) is 16.6. The zero-order valence-corrected chi connectivity index (χ0v) is 16.8. The van der Waals surface area contributed by atoms with Crippen molar-refractivity contribution >= 4 is 34.4 Å². The molecule has 0 radical (unpaired) electrons. The summed E-state index contributed by atoms with van der Waals surface area (Å²) in [5, 5.41) is 0.716. The maximum absolute atomic E-state index is 13.6. The number of imidazole rings is 1. The topological polar surface area (TPSA) is 51.0 Å². The summed E-state index contributed by atoms with van der Waals surface area (Å²) in [4.78, 5) is 25.1. The molecule has 2 aliphatic rings. The molecule has 6 heteroatoms. The number of nitrogens with zero attached hydrogens (tertiary/aromatic N) is 4. The fraction of sp³-hybridized carbons (Fsp3) is 0.409. The van der Waals surface area contributed by atoms with Crippen LogP contribution in [0.2, 0.25) is 5.02 Å². The van der Waals surface area contributed by atoms with E-state index in [1.807, 2.05) is 36.1 Å². The number of aryl methyl sites for hydroxylation is 4. The largest absolute Gasteiger partial charge is 0.313 e. The third-order valence-corrected chi connectivity index (χ3v) is 6.06. The monoisotopic (exact) mass is 394 g/mol. The van der Waals surface area contributed by atoms with Crippen LogP contribution < -0.4 is 4.90 Å². The van der Waals surface area contributed by atoms with Gasteiger partial charge in [0.1, 0.15) is 11.3 Å². The van der Waals surface area contributed by atoms with Crippen LogP contribution in [0.3, 0.4) is 0 Å². The first kappa shape index (κ1) is 17.7. The van der Waals surface area contributed by atoms with Crippen molar-refractivity contribution in [3.8, 4) is 0 Å². The van der Waals surface area contributed by atoms with E-state index >= 15 is 0 Å². The average molecular weight is 395 g/mol. The van der Waals surface area contributed by atoms with Gasteiger partial charge >= 0.3 is 0 Å². The zero-order chi connectivity index (χ0) is 19.3. The highest BCUT2D eigenvalue weighted by Gasteiger charge is 2.27. The Labute approximate surface area is 169 Å². The summed E-state index contributed by atoms with van der Waals surface area (Å²) in [7, 11) is 0. The van der Waals surface area contributed by atoms with E-state index in [1.165, 1.54) is 6.42 Å². The third kappa shape index (κ3) is 2.89. The summed E-state index contributed by atoms with van der Waals surface area (Å²) in [6.45, 7) is 3.60. The zero-order valence-electron chi connectivity index (χ0n) is 16.0. The van der Waals surface area contributed by atoms with Crippen LogP contribution in [0.25, 0.3) is 11.2 Å². The Hall–Kier alpha value is -2.40. The van der Waals surface area contributed by atoms with E-state index in [2.05, 4.69) is 4.57 Å². The van der Waals surface area contributed by atoms with Crippen LogP contribution in [0.5, 0.6) is 0 Å². The Morgan fingerprint density at radius 1 is 1.04 bits per heavy atom. The van der Waals surface area contributed by atoms with Gasteiger partial charge in [-0.3, -0.25) is 4.79 Å². The molecule has 0 bridgehead atoms. The number of carbonyl (C=O) groups excluding carboxylic acids is 1. The minimum Gasteiger partial charge on any atom is -0.313 e. The van der Waals surface area contributed by atoms with Gasteiger partial charge in [-0.1, -0.05) is 18.0 Å². The number of amides is 1. The van der Waals surface area contributed by atoms with E-state index in [0.29, 0.717) is 17.1 Å². The fourth-order valence-electron chi connectivity index (χ4n) is 4.50. The van der Waals surface area contributed by atoms with Crippen molar-refractivity contribution in [1.29, 1.82) is 0 Å². The van der Waals surface area contributed by atoms with Gasteiger partial charge in [0.2, 0.25) is 0 Å². The SMILES string of the molecule is Cc1cc(C(=O)N2CCCc3cc(Cl)ccc32)c2nc3n(c2n1)CCCCC3. The lowest BCUT2D eigenvalue weighted by molar-refractivity contribution is 0.0986. The Kier molecular flexibility index (Phi) is 4.35. The summed E-state index contributed by atoms with van der Waals surface area (Å²) in [6.07, 6.45) is 6.34.